The number of carboxylic acids is 1. The Bertz CT molecular complexity index is 261. The van der Waals surface area contributed by atoms with E-state index in [1.165, 1.54) is 19.3 Å². The maximum Gasteiger partial charge on any atom is 0.305 e. The molecule has 0 spiro atoms. The van der Waals surface area contributed by atoms with Gasteiger partial charge in [0.2, 0.25) is 0 Å². The highest BCUT2D eigenvalue weighted by molar-refractivity contribution is 5.68. The monoisotopic (exact) mass is 256 g/mol. The van der Waals surface area contributed by atoms with Crippen molar-refractivity contribution in [3.05, 3.63) is 0 Å². The van der Waals surface area contributed by atoms with Gasteiger partial charge >= 0.3 is 5.97 Å². The van der Waals surface area contributed by atoms with E-state index in [-0.39, 0.29) is 5.54 Å². The van der Waals surface area contributed by atoms with E-state index in [0.717, 1.165) is 32.4 Å². The van der Waals surface area contributed by atoms with Crippen LogP contribution < -0.4 is 0 Å². The van der Waals surface area contributed by atoms with Crippen LogP contribution in [0.3, 0.4) is 0 Å². The normalized spacial score (nSPS) is 19.4. The minimum atomic E-state index is -0.656. The first kappa shape index (κ1) is 15.4. The Balaban J connectivity index is 2.55. The van der Waals surface area contributed by atoms with Crippen LogP contribution in [-0.4, -0.2) is 60.6 Å². The van der Waals surface area contributed by atoms with Crippen molar-refractivity contribution < 1.29 is 9.90 Å². The third kappa shape index (κ3) is 4.58. The number of hydrogen-bond donors (Lipinski definition) is 1. The summed E-state index contributed by atoms with van der Waals surface area (Å²) < 4.78 is 0. The van der Waals surface area contributed by atoms with Crippen LogP contribution in [0.5, 0.6) is 0 Å². The maximum atomic E-state index is 11.1. The zero-order valence-corrected chi connectivity index (χ0v) is 12.1. The number of aliphatic carboxylic acids is 1. The lowest BCUT2D eigenvalue weighted by Crippen LogP contribution is -2.50. The highest BCUT2D eigenvalue weighted by Gasteiger charge is 2.37. The standard InChI is InChI=1S/C14H28N2O2/c1-15(2)10-7-11-16(3)14(12-13(17)18)8-5-4-6-9-14/h4-12H2,1-3H3,(H,17,18). The van der Waals surface area contributed by atoms with E-state index < -0.39 is 5.97 Å². The first-order chi connectivity index (χ1) is 8.46. The first-order valence-corrected chi connectivity index (χ1v) is 7.04. The van der Waals surface area contributed by atoms with Gasteiger partial charge in [-0.05, 0) is 53.5 Å². The summed E-state index contributed by atoms with van der Waals surface area (Å²) in [7, 11) is 6.26. The van der Waals surface area contributed by atoms with Gasteiger partial charge in [-0.2, -0.15) is 0 Å². The Kier molecular flexibility index (Phi) is 6.09. The van der Waals surface area contributed by atoms with Crippen molar-refractivity contribution in [1.82, 2.24) is 9.80 Å². The van der Waals surface area contributed by atoms with Gasteiger partial charge in [0.1, 0.15) is 0 Å². The molecule has 4 nitrogen and oxygen atoms in total. The van der Waals surface area contributed by atoms with Crippen LogP contribution in [0.2, 0.25) is 0 Å². The van der Waals surface area contributed by atoms with Gasteiger partial charge in [0.25, 0.3) is 0 Å². The lowest BCUT2D eigenvalue weighted by molar-refractivity contribution is -0.141. The van der Waals surface area contributed by atoms with Crippen molar-refractivity contribution in [3.8, 4) is 0 Å². The van der Waals surface area contributed by atoms with Crippen LogP contribution >= 0.6 is 0 Å². The van der Waals surface area contributed by atoms with Crippen molar-refractivity contribution in [3.63, 3.8) is 0 Å². The minimum Gasteiger partial charge on any atom is -0.481 e. The lowest BCUT2D eigenvalue weighted by Gasteiger charge is -2.44. The summed E-state index contributed by atoms with van der Waals surface area (Å²) in [5.41, 5.74) is -0.0869. The Labute approximate surface area is 111 Å². The Hall–Kier alpha value is -0.610. The van der Waals surface area contributed by atoms with Gasteiger partial charge in [0, 0.05) is 5.54 Å². The molecule has 1 saturated carbocycles. The third-order valence-electron chi connectivity index (χ3n) is 4.17. The Morgan fingerprint density at radius 3 is 2.22 bits per heavy atom. The molecule has 0 aromatic rings. The fraction of sp³-hybridized carbons (Fsp3) is 0.929. The van der Waals surface area contributed by atoms with E-state index in [1.807, 2.05) is 0 Å². The van der Waals surface area contributed by atoms with E-state index >= 15 is 0 Å². The molecule has 1 N–H and O–H groups in total. The summed E-state index contributed by atoms with van der Waals surface area (Å²) in [6.45, 7) is 2.05. The molecule has 0 bridgehead atoms. The third-order valence-corrected chi connectivity index (χ3v) is 4.17. The van der Waals surface area contributed by atoms with Crippen LogP contribution in [0.15, 0.2) is 0 Å². The van der Waals surface area contributed by atoms with Gasteiger partial charge in [-0.1, -0.05) is 19.3 Å². The van der Waals surface area contributed by atoms with E-state index in [9.17, 15) is 4.79 Å². The largest absolute Gasteiger partial charge is 0.481 e. The summed E-state index contributed by atoms with van der Waals surface area (Å²) >= 11 is 0. The van der Waals surface area contributed by atoms with Gasteiger partial charge in [-0.25, -0.2) is 0 Å². The van der Waals surface area contributed by atoms with Crippen LogP contribution in [-0.2, 0) is 4.79 Å². The maximum absolute atomic E-state index is 11.1. The van der Waals surface area contributed by atoms with Crippen LogP contribution in [0.4, 0.5) is 0 Å². The summed E-state index contributed by atoms with van der Waals surface area (Å²) in [4.78, 5) is 15.6. The summed E-state index contributed by atoms with van der Waals surface area (Å²) in [5.74, 6) is -0.656. The van der Waals surface area contributed by atoms with Gasteiger partial charge in [0.05, 0.1) is 6.42 Å². The molecule has 0 saturated heterocycles. The van der Waals surface area contributed by atoms with Crippen LogP contribution in [0, 0.1) is 0 Å². The second-order valence-electron chi connectivity index (χ2n) is 5.93. The average molecular weight is 256 g/mol. The highest BCUT2D eigenvalue weighted by Crippen LogP contribution is 2.35. The first-order valence-electron chi connectivity index (χ1n) is 7.04. The van der Waals surface area contributed by atoms with E-state index in [0.29, 0.717) is 6.42 Å². The predicted octanol–water partition coefficient (Wildman–Crippen LogP) is 2.05. The topological polar surface area (TPSA) is 43.8 Å². The molecule has 0 heterocycles. The number of rotatable bonds is 7. The lowest BCUT2D eigenvalue weighted by atomic mass is 9.78. The molecule has 18 heavy (non-hydrogen) atoms. The van der Waals surface area contributed by atoms with Gasteiger partial charge < -0.3 is 14.9 Å². The van der Waals surface area contributed by atoms with E-state index in [2.05, 4.69) is 30.9 Å². The summed E-state index contributed by atoms with van der Waals surface area (Å²) in [6, 6.07) is 0. The second-order valence-corrected chi connectivity index (χ2v) is 5.93. The number of nitrogens with zero attached hydrogens (tertiary/aromatic N) is 2. The fourth-order valence-electron chi connectivity index (χ4n) is 3.05. The molecule has 0 unspecified atom stereocenters. The Morgan fingerprint density at radius 2 is 1.72 bits per heavy atom. The molecule has 1 rings (SSSR count). The molecular weight excluding hydrogens is 228 g/mol. The SMILES string of the molecule is CN(C)CCCN(C)C1(CC(=O)O)CCCCC1. The fourth-order valence-corrected chi connectivity index (χ4v) is 3.05. The summed E-state index contributed by atoms with van der Waals surface area (Å²) in [6.07, 6.45) is 7.08. The van der Waals surface area contributed by atoms with Crippen molar-refractivity contribution in [2.75, 3.05) is 34.2 Å². The molecule has 1 aliphatic rings. The number of hydrogen-bond acceptors (Lipinski definition) is 3. The molecule has 1 aliphatic carbocycles. The molecule has 4 heteroatoms. The van der Waals surface area contributed by atoms with Crippen molar-refractivity contribution in [2.45, 2.75) is 50.5 Å². The molecule has 106 valence electrons. The molecule has 0 atom stereocenters. The van der Waals surface area contributed by atoms with Gasteiger partial charge in [0.15, 0.2) is 0 Å². The number of carbonyl (C=O) groups is 1. The van der Waals surface area contributed by atoms with Gasteiger partial charge in [-0.3, -0.25) is 4.79 Å². The van der Waals surface area contributed by atoms with Crippen LogP contribution in [0.25, 0.3) is 0 Å². The average Bonchev–Trinajstić information content (AvgIpc) is 2.28. The quantitative estimate of drug-likeness (QED) is 0.757. The second kappa shape index (κ2) is 7.10. The molecule has 0 aromatic carbocycles. The number of carboxylic acid groups (broad SMARTS) is 1. The molecule has 1 fully saturated rings. The van der Waals surface area contributed by atoms with E-state index in [4.69, 9.17) is 5.11 Å². The zero-order valence-electron chi connectivity index (χ0n) is 12.1. The summed E-state index contributed by atoms with van der Waals surface area (Å²) in [5, 5.41) is 9.16. The molecule has 0 amide bonds. The molecule has 0 aromatic heterocycles. The molecule has 0 radical (unpaired) electrons. The molecule has 0 aliphatic heterocycles. The Morgan fingerprint density at radius 1 is 1.11 bits per heavy atom. The minimum absolute atomic E-state index is 0.0869. The van der Waals surface area contributed by atoms with Gasteiger partial charge in [-0.15, -0.1) is 0 Å². The van der Waals surface area contributed by atoms with Crippen LogP contribution in [0.1, 0.15) is 44.9 Å². The van der Waals surface area contributed by atoms with Crippen molar-refractivity contribution >= 4 is 5.97 Å². The van der Waals surface area contributed by atoms with E-state index in [1.54, 1.807) is 0 Å². The molecular formula is C14H28N2O2. The smallest absolute Gasteiger partial charge is 0.305 e. The predicted molar refractivity (Wildman–Crippen MR) is 73.9 cm³/mol. The zero-order chi connectivity index (χ0) is 13.6. The van der Waals surface area contributed by atoms with Crippen molar-refractivity contribution in [2.24, 2.45) is 0 Å². The van der Waals surface area contributed by atoms with Crippen molar-refractivity contribution in [1.29, 1.82) is 0 Å². The highest BCUT2D eigenvalue weighted by atomic mass is 16.4.